The number of esters is 1. The van der Waals surface area contributed by atoms with E-state index in [0.29, 0.717) is 10.6 Å². The van der Waals surface area contributed by atoms with Gasteiger partial charge in [-0.1, -0.05) is 54.1 Å². The molecule has 2 aromatic rings. The highest BCUT2D eigenvalue weighted by Crippen LogP contribution is 2.10. The topological polar surface area (TPSA) is 72.5 Å². The van der Waals surface area contributed by atoms with Gasteiger partial charge in [-0.15, -0.1) is 0 Å². The standard InChI is InChI=1S/C20H20ClNO4/c21-17-8-6-15(7-9-17)14-26-20(25)12-13-22-19(24)11-10-18(23)16-4-2-1-3-5-16/h1-9H,10-14H2,(H,22,24). The second kappa shape index (κ2) is 10.4. The maximum absolute atomic E-state index is 11.9. The van der Waals surface area contributed by atoms with Crippen molar-refractivity contribution in [2.75, 3.05) is 6.54 Å². The molecule has 0 bridgehead atoms. The van der Waals surface area contributed by atoms with Gasteiger partial charge in [0, 0.05) is 30.0 Å². The van der Waals surface area contributed by atoms with Gasteiger partial charge in [0.05, 0.1) is 6.42 Å². The number of carbonyl (C=O) groups is 3. The molecule has 0 atom stereocenters. The smallest absolute Gasteiger partial charge is 0.307 e. The largest absolute Gasteiger partial charge is 0.461 e. The molecule has 0 radical (unpaired) electrons. The van der Waals surface area contributed by atoms with Crippen LogP contribution in [0.3, 0.4) is 0 Å². The molecule has 1 amide bonds. The van der Waals surface area contributed by atoms with Gasteiger partial charge in [-0.2, -0.15) is 0 Å². The number of hydrogen-bond donors (Lipinski definition) is 1. The Balaban J connectivity index is 1.59. The van der Waals surface area contributed by atoms with Gasteiger partial charge in [0.2, 0.25) is 5.91 Å². The van der Waals surface area contributed by atoms with Gasteiger partial charge in [-0.25, -0.2) is 0 Å². The van der Waals surface area contributed by atoms with Crippen LogP contribution in [0.1, 0.15) is 35.2 Å². The predicted molar refractivity (Wildman–Crippen MR) is 98.9 cm³/mol. The fourth-order valence-electron chi connectivity index (χ4n) is 2.20. The van der Waals surface area contributed by atoms with E-state index in [2.05, 4.69) is 5.32 Å². The molecule has 0 fully saturated rings. The van der Waals surface area contributed by atoms with E-state index in [1.54, 1.807) is 48.5 Å². The molecule has 0 aliphatic heterocycles. The number of rotatable bonds is 9. The zero-order valence-electron chi connectivity index (χ0n) is 14.2. The van der Waals surface area contributed by atoms with E-state index in [0.717, 1.165) is 5.56 Å². The van der Waals surface area contributed by atoms with E-state index in [4.69, 9.17) is 16.3 Å². The molecule has 0 saturated heterocycles. The summed E-state index contributed by atoms with van der Waals surface area (Å²) >= 11 is 5.78. The van der Waals surface area contributed by atoms with Crippen LogP contribution in [-0.4, -0.2) is 24.2 Å². The maximum atomic E-state index is 11.9. The minimum Gasteiger partial charge on any atom is -0.461 e. The van der Waals surface area contributed by atoms with E-state index in [9.17, 15) is 14.4 Å². The SMILES string of the molecule is O=C(CCC(=O)c1ccccc1)NCCC(=O)OCc1ccc(Cl)cc1. The number of Topliss-reactive ketones (excluding diaryl/α,β-unsaturated/α-hetero) is 1. The number of hydrogen-bond acceptors (Lipinski definition) is 4. The van der Waals surface area contributed by atoms with Crippen molar-refractivity contribution in [3.05, 3.63) is 70.7 Å². The number of ketones is 1. The summed E-state index contributed by atoms with van der Waals surface area (Å²) < 4.78 is 5.12. The molecule has 0 aromatic heterocycles. The molecule has 136 valence electrons. The van der Waals surface area contributed by atoms with Crippen LogP contribution in [0, 0.1) is 0 Å². The second-order valence-corrected chi connectivity index (χ2v) is 6.11. The van der Waals surface area contributed by atoms with Gasteiger partial charge in [0.1, 0.15) is 6.61 Å². The van der Waals surface area contributed by atoms with Gasteiger partial charge in [-0.3, -0.25) is 14.4 Å². The fraction of sp³-hybridized carbons (Fsp3) is 0.250. The summed E-state index contributed by atoms with van der Waals surface area (Å²) in [5, 5.41) is 3.24. The number of ether oxygens (including phenoxy) is 1. The lowest BCUT2D eigenvalue weighted by molar-refractivity contribution is -0.144. The number of benzene rings is 2. The fourth-order valence-corrected chi connectivity index (χ4v) is 2.33. The quantitative estimate of drug-likeness (QED) is 0.539. The van der Waals surface area contributed by atoms with Gasteiger partial charge >= 0.3 is 5.97 Å². The van der Waals surface area contributed by atoms with Crippen LogP contribution in [0.25, 0.3) is 0 Å². The first-order valence-corrected chi connectivity index (χ1v) is 8.67. The zero-order valence-corrected chi connectivity index (χ0v) is 15.0. The summed E-state index contributed by atoms with van der Waals surface area (Å²) in [6.07, 6.45) is 0.302. The van der Waals surface area contributed by atoms with Crippen molar-refractivity contribution in [3.8, 4) is 0 Å². The Kier molecular flexibility index (Phi) is 7.83. The van der Waals surface area contributed by atoms with E-state index in [-0.39, 0.29) is 44.1 Å². The molecule has 0 heterocycles. The number of nitrogens with one attached hydrogen (secondary N) is 1. The Bertz CT molecular complexity index is 744. The first kappa shape index (κ1) is 19.7. The second-order valence-electron chi connectivity index (χ2n) is 5.68. The van der Waals surface area contributed by atoms with Crippen molar-refractivity contribution in [2.24, 2.45) is 0 Å². The molecular weight excluding hydrogens is 354 g/mol. The monoisotopic (exact) mass is 373 g/mol. The van der Waals surface area contributed by atoms with Gasteiger partial charge in [0.25, 0.3) is 0 Å². The summed E-state index contributed by atoms with van der Waals surface area (Å²) in [7, 11) is 0. The van der Waals surface area contributed by atoms with Crippen molar-refractivity contribution in [2.45, 2.75) is 25.9 Å². The third-order valence-corrected chi connectivity index (χ3v) is 3.89. The molecule has 2 aromatic carbocycles. The lowest BCUT2D eigenvalue weighted by atomic mass is 10.1. The molecule has 0 aliphatic rings. The van der Waals surface area contributed by atoms with Crippen LogP contribution in [0.15, 0.2) is 54.6 Å². The van der Waals surface area contributed by atoms with E-state index in [1.807, 2.05) is 6.07 Å². The summed E-state index contributed by atoms with van der Waals surface area (Å²) in [4.78, 5) is 35.3. The maximum Gasteiger partial charge on any atom is 0.307 e. The zero-order chi connectivity index (χ0) is 18.8. The highest BCUT2D eigenvalue weighted by molar-refractivity contribution is 6.30. The predicted octanol–water partition coefficient (Wildman–Crippen LogP) is 3.55. The van der Waals surface area contributed by atoms with Crippen LogP contribution < -0.4 is 5.32 Å². The van der Waals surface area contributed by atoms with Gasteiger partial charge in [-0.05, 0) is 17.7 Å². The normalized spacial score (nSPS) is 10.2. The molecule has 0 aliphatic carbocycles. The van der Waals surface area contributed by atoms with Crippen LogP contribution in [-0.2, 0) is 20.9 Å². The Morgan fingerprint density at radius 2 is 1.58 bits per heavy atom. The van der Waals surface area contributed by atoms with E-state index in [1.165, 1.54) is 0 Å². The van der Waals surface area contributed by atoms with Crippen molar-refractivity contribution in [1.82, 2.24) is 5.32 Å². The lowest BCUT2D eigenvalue weighted by Crippen LogP contribution is -2.26. The third-order valence-electron chi connectivity index (χ3n) is 3.64. The van der Waals surface area contributed by atoms with Crippen molar-refractivity contribution < 1.29 is 19.1 Å². The molecule has 26 heavy (non-hydrogen) atoms. The lowest BCUT2D eigenvalue weighted by Gasteiger charge is -2.07. The van der Waals surface area contributed by atoms with Crippen LogP contribution in [0.5, 0.6) is 0 Å². The van der Waals surface area contributed by atoms with E-state index >= 15 is 0 Å². The minimum absolute atomic E-state index is 0.0754. The average molecular weight is 374 g/mol. The first-order valence-electron chi connectivity index (χ1n) is 8.29. The molecular formula is C20H20ClNO4. The molecule has 2 rings (SSSR count). The Hall–Kier alpha value is -2.66. The molecule has 0 saturated carbocycles. The Labute approximate surface area is 157 Å². The Morgan fingerprint density at radius 3 is 2.27 bits per heavy atom. The van der Waals surface area contributed by atoms with Crippen LogP contribution >= 0.6 is 11.6 Å². The molecule has 1 N–H and O–H groups in total. The summed E-state index contributed by atoms with van der Waals surface area (Å²) in [6.45, 7) is 0.341. The summed E-state index contributed by atoms with van der Waals surface area (Å²) in [5.74, 6) is -0.747. The third kappa shape index (κ3) is 7.07. The molecule has 5 nitrogen and oxygen atoms in total. The van der Waals surface area contributed by atoms with Gasteiger partial charge in [0.15, 0.2) is 5.78 Å². The first-order chi connectivity index (χ1) is 12.5. The number of amides is 1. The van der Waals surface area contributed by atoms with E-state index < -0.39 is 5.97 Å². The van der Waals surface area contributed by atoms with Crippen molar-refractivity contribution >= 4 is 29.3 Å². The van der Waals surface area contributed by atoms with Crippen LogP contribution in [0.2, 0.25) is 5.02 Å². The highest BCUT2D eigenvalue weighted by atomic mass is 35.5. The summed E-state index contributed by atoms with van der Waals surface area (Å²) in [5.41, 5.74) is 1.43. The minimum atomic E-state index is -0.402. The summed E-state index contributed by atoms with van der Waals surface area (Å²) in [6, 6.07) is 15.8. The van der Waals surface area contributed by atoms with Crippen LogP contribution in [0.4, 0.5) is 0 Å². The Morgan fingerprint density at radius 1 is 0.885 bits per heavy atom. The number of halogens is 1. The molecule has 0 unspecified atom stereocenters. The van der Waals surface area contributed by atoms with Gasteiger partial charge < -0.3 is 10.1 Å². The van der Waals surface area contributed by atoms with Crippen molar-refractivity contribution in [3.63, 3.8) is 0 Å². The molecule has 0 spiro atoms. The molecule has 6 heteroatoms. The van der Waals surface area contributed by atoms with Crippen molar-refractivity contribution in [1.29, 1.82) is 0 Å². The number of carbonyl (C=O) groups excluding carboxylic acids is 3. The average Bonchev–Trinajstić information content (AvgIpc) is 2.66. The highest BCUT2D eigenvalue weighted by Gasteiger charge is 2.10.